The number of aldehydes is 1. The number of allylic oxidation sites excluding steroid dienone is 1. The van der Waals surface area contributed by atoms with Crippen molar-refractivity contribution in [2.45, 2.75) is 76.9 Å². The summed E-state index contributed by atoms with van der Waals surface area (Å²) in [6.07, 6.45) is 10.2. The number of rotatable bonds is 13. The van der Waals surface area contributed by atoms with Crippen LogP contribution in [0, 0.1) is 17.8 Å². The van der Waals surface area contributed by atoms with Crippen molar-refractivity contribution in [3.8, 4) is 5.75 Å². The molecule has 0 aliphatic heterocycles. The molecule has 1 aromatic rings. The minimum absolute atomic E-state index is 0.136. The number of carbonyl (C=O) groups is 3. The molecule has 0 bridgehead atoms. The topological polar surface area (TPSA) is 99.1 Å². The molecule has 0 radical (unpaired) electrons. The normalized spacial score (nSPS) is 23.9. The lowest BCUT2D eigenvalue weighted by molar-refractivity contribution is -0.145. The molecule has 2 aliphatic carbocycles. The molecule has 1 N–H and O–H groups in total. The van der Waals surface area contributed by atoms with Gasteiger partial charge in [-0.2, -0.15) is 0 Å². The van der Waals surface area contributed by atoms with E-state index in [0.29, 0.717) is 30.3 Å². The van der Waals surface area contributed by atoms with E-state index in [1.807, 2.05) is 12.1 Å². The van der Waals surface area contributed by atoms with Gasteiger partial charge in [0.2, 0.25) is 0 Å². The van der Waals surface area contributed by atoms with Gasteiger partial charge in [-0.1, -0.05) is 38.3 Å². The molecule has 0 spiro atoms. The molecule has 0 aromatic heterocycles. The van der Waals surface area contributed by atoms with Gasteiger partial charge in [-0.25, -0.2) is 9.59 Å². The van der Waals surface area contributed by atoms with Crippen LogP contribution in [0.3, 0.4) is 0 Å². The Morgan fingerprint density at radius 3 is 2.77 bits per heavy atom. The lowest BCUT2D eigenvalue weighted by Crippen LogP contribution is -2.29. The summed E-state index contributed by atoms with van der Waals surface area (Å²) in [5.74, 6) is 0.541. The second kappa shape index (κ2) is 13.4. The first-order valence-corrected chi connectivity index (χ1v) is 12.8. The molecule has 192 valence electrons. The van der Waals surface area contributed by atoms with Gasteiger partial charge in [0.05, 0.1) is 13.2 Å². The highest BCUT2D eigenvalue weighted by molar-refractivity contribution is 5.86. The molecule has 7 heteroatoms. The van der Waals surface area contributed by atoms with Crippen LogP contribution in [0.2, 0.25) is 0 Å². The summed E-state index contributed by atoms with van der Waals surface area (Å²) in [4.78, 5) is 34.5. The zero-order chi connectivity index (χ0) is 25.2. The number of esters is 2. The standard InChI is InChI=1S/C28H38O7/c1-3-4-5-9-21(30)12-13-22-23-15-19-8-6-10-25(34-18-28(32)33-2)24(19)16-20(23)17-26(22)35-27(31)11-7-14-29/h6-8,10-11,14,20-23,26,30H,3-5,9,12-13,15-18H2,1-2H3/b11-7-/t20-,21-,22+,23-,26+/m0/s1. The number of fused-ring (bicyclic) bond motifs is 2. The molecule has 1 fully saturated rings. The van der Waals surface area contributed by atoms with Crippen LogP contribution >= 0.6 is 0 Å². The molecule has 2 aliphatic rings. The molecule has 1 aromatic carbocycles. The number of unbranched alkanes of at least 4 members (excludes halogenated alkanes) is 2. The van der Waals surface area contributed by atoms with E-state index in [2.05, 4.69) is 13.0 Å². The van der Waals surface area contributed by atoms with Gasteiger partial charge >= 0.3 is 11.9 Å². The molecule has 0 saturated heterocycles. The number of ether oxygens (including phenoxy) is 3. The molecule has 0 heterocycles. The van der Waals surface area contributed by atoms with E-state index in [0.717, 1.165) is 63.0 Å². The monoisotopic (exact) mass is 486 g/mol. The first-order valence-electron chi connectivity index (χ1n) is 12.8. The fourth-order valence-electron chi connectivity index (χ4n) is 5.71. The van der Waals surface area contributed by atoms with Gasteiger partial charge in [0.25, 0.3) is 0 Å². The van der Waals surface area contributed by atoms with E-state index < -0.39 is 11.9 Å². The molecule has 3 rings (SSSR count). The minimum Gasteiger partial charge on any atom is -0.482 e. The van der Waals surface area contributed by atoms with Crippen molar-refractivity contribution < 1.29 is 33.7 Å². The van der Waals surface area contributed by atoms with Crippen LogP contribution in [0.5, 0.6) is 5.75 Å². The summed E-state index contributed by atoms with van der Waals surface area (Å²) in [5.41, 5.74) is 2.29. The Hall–Kier alpha value is -2.67. The van der Waals surface area contributed by atoms with Crippen molar-refractivity contribution in [2.24, 2.45) is 17.8 Å². The van der Waals surface area contributed by atoms with Crippen LogP contribution in [-0.4, -0.2) is 49.3 Å². The number of carbonyl (C=O) groups excluding carboxylic acids is 3. The van der Waals surface area contributed by atoms with Gasteiger partial charge in [0.1, 0.15) is 18.1 Å². The highest BCUT2D eigenvalue weighted by Gasteiger charge is 2.47. The third kappa shape index (κ3) is 7.40. The number of aliphatic hydroxyl groups excluding tert-OH is 1. The van der Waals surface area contributed by atoms with Crippen molar-refractivity contribution in [3.05, 3.63) is 41.5 Å². The maximum absolute atomic E-state index is 12.3. The van der Waals surface area contributed by atoms with Crippen molar-refractivity contribution in [3.63, 3.8) is 0 Å². The predicted molar refractivity (Wildman–Crippen MR) is 131 cm³/mol. The van der Waals surface area contributed by atoms with Gasteiger partial charge in [0.15, 0.2) is 6.61 Å². The summed E-state index contributed by atoms with van der Waals surface area (Å²) in [7, 11) is 1.34. The largest absolute Gasteiger partial charge is 0.482 e. The Bertz CT molecular complexity index is 893. The highest BCUT2D eigenvalue weighted by Crippen LogP contribution is 2.49. The molecular formula is C28H38O7. The Balaban J connectivity index is 1.74. The van der Waals surface area contributed by atoms with E-state index in [-0.39, 0.29) is 24.7 Å². The van der Waals surface area contributed by atoms with Crippen molar-refractivity contribution in [2.75, 3.05) is 13.7 Å². The van der Waals surface area contributed by atoms with Crippen LogP contribution in [0.1, 0.15) is 63.0 Å². The van der Waals surface area contributed by atoms with Gasteiger partial charge in [-0.05, 0) is 79.5 Å². The second-order valence-corrected chi connectivity index (χ2v) is 9.69. The van der Waals surface area contributed by atoms with E-state index in [1.165, 1.54) is 18.7 Å². The molecular weight excluding hydrogens is 448 g/mol. The summed E-state index contributed by atoms with van der Waals surface area (Å²) < 4.78 is 16.3. The quantitative estimate of drug-likeness (QED) is 0.195. The SMILES string of the molecule is CCCCC[C@H](O)CC[C@@H]1[C@H]2Cc3cccc(OCC(=O)OC)c3C[C@H]2C[C@H]1OC(=O)/C=C\C=O. The summed E-state index contributed by atoms with van der Waals surface area (Å²) in [6, 6.07) is 5.91. The zero-order valence-electron chi connectivity index (χ0n) is 20.8. The third-order valence-electron chi connectivity index (χ3n) is 7.45. The average molecular weight is 487 g/mol. The first kappa shape index (κ1) is 26.9. The van der Waals surface area contributed by atoms with Crippen molar-refractivity contribution in [1.29, 1.82) is 0 Å². The van der Waals surface area contributed by atoms with Gasteiger partial charge in [-0.15, -0.1) is 0 Å². The Labute approximate surface area is 207 Å². The van der Waals surface area contributed by atoms with Gasteiger partial charge in [0, 0.05) is 6.08 Å². The summed E-state index contributed by atoms with van der Waals surface area (Å²) >= 11 is 0. The lowest BCUT2D eigenvalue weighted by atomic mass is 9.73. The number of methoxy groups -OCH3 is 1. The van der Waals surface area contributed by atoms with Gasteiger partial charge in [-0.3, -0.25) is 4.79 Å². The zero-order valence-corrected chi connectivity index (χ0v) is 20.8. The fourth-order valence-corrected chi connectivity index (χ4v) is 5.71. The van der Waals surface area contributed by atoms with E-state index >= 15 is 0 Å². The van der Waals surface area contributed by atoms with E-state index in [4.69, 9.17) is 14.2 Å². The molecule has 1 saturated carbocycles. The third-order valence-corrected chi connectivity index (χ3v) is 7.45. The van der Waals surface area contributed by atoms with Gasteiger partial charge < -0.3 is 19.3 Å². The fraction of sp³-hybridized carbons (Fsp3) is 0.607. The first-order chi connectivity index (χ1) is 17.0. The average Bonchev–Trinajstić information content (AvgIpc) is 3.18. The molecule has 7 nitrogen and oxygen atoms in total. The Morgan fingerprint density at radius 2 is 2.03 bits per heavy atom. The highest BCUT2D eigenvalue weighted by atomic mass is 16.6. The van der Waals surface area contributed by atoms with Crippen molar-refractivity contribution >= 4 is 18.2 Å². The lowest BCUT2D eigenvalue weighted by Gasteiger charge is -2.32. The molecule has 0 unspecified atom stereocenters. The molecule has 35 heavy (non-hydrogen) atoms. The number of hydrogen-bond acceptors (Lipinski definition) is 7. The Morgan fingerprint density at radius 1 is 1.20 bits per heavy atom. The minimum atomic E-state index is -0.506. The van der Waals surface area contributed by atoms with Crippen molar-refractivity contribution in [1.82, 2.24) is 0 Å². The smallest absolute Gasteiger partial charge is 0.343 e. The van der Waals surface area contributed by atoms with Crippen LogP contribution in [0.4, 0.5) is 0 Å². The van der Waals surface area contributed by atoms with E-state index in [9.17, 15) is 19.5 Å². The summed E-state index contributed by atoms with van der Waals surface area (Å²) in [5, 5.41) is 10.5. The maximum atomic E-state index is 12.3. The number of aliphatic hydroxyl groups is 1. The molecule has 5 atom stereocenters. The predicted octanol–water partition coefficient (Wildman–Crippen LogP) is 3.98. The second-order valence-electron chi connectivity index (χ2n) is 9.69. The number of benzene rings is 1. The van der Waals surface area contributed by atoms with Crippen LogP contribution < -0.4 is 4.74 Å². The Kier molecular flexibility index (Phi) is 10.3. The van der Waals surface area contributed by atoms with Crippen LogP contribution in [0.15, 0.2) is 30.4 Å². The summed E-state index contributed by atoms with van der Waals surface area (Å²) in [6.45, 7) is 2.01. The maximum Gasteiger partial charge on any atom is 0.343 e. The number of hydrogen-bond donors (Lipinski definition) is 1. The van der Waals surface area contributed by atoms with E-state index in [1.54, 1.807) is 0 Å². The molecule has 0 amide bonds. The van der Waals surface area contributed by atoms with Crippen LogP contribution in [0.25, 0.3) is 0 Å². The van der Waals surface area contributed by atoms with Crippen LogP contribution in [-0.2, 0) is 36.7 Å².